The number of aromatic nitrogens is 3. The van der Waals surface area contributed by atoms with Gasteiger partial charge in [-0.1, -0.05) is 11.3 Å². The van der Waals surface area contributed by atoms with E-state index in [1.807, 2.05) is 32.0 Å². The number of carbonyl (C=O) groups excluding carboxylic acids is 2. The van der Waals surface area contributed by atoms with Crippen molar-refractivity contribution in [2.45, 2.75) is 38.8 Å². The van der Waals surface area contributed by atoms with Crippen molar-refractivity contribution in [2.24, 2.45) is 0 Å². The van der Waals surface area contributed by atoms with Crippen LogP contribution in [-0.4, -0.2) is 62.7 Å². The summed E-state index contributed by atoms with van der Waals surface area (Å²) >= 11 is 0. The molecular formula is C19H26N6O3. The van der Waals surface area contributed by atoms with Crippen LogP contribution < -0.4 is 10.6 Å². The quantitative estimate of drug-likeness (QED) is 0.733. The SMILES string of the molecule is CNC(=O)c1cn(CC2(O)CCN(C(=O)Nc3ccc(C)c(C)c3)CC2)nn1. The molecule has 0 unspecified atom stereocenters. The van der Waals surface area contributed by atoms with Crippen molar-refractivity contribution >= 4 is 17.6 Å². The van der Waals surface area contributed by atoms with Crippen molar-refractivity contribution in [2.75, 3.05) is 25.5 Å². The zero-order chi connectivity index (χ0) is 20.3. The highest BCUT2D eigenvalue weighted by molar-refractivity contribution is 5.91. The third-order valence-corrected chi connectivity index (χ3v) is 5.19. The van der Waals surface area contributed by atoms with Crippen molar-refractivity contribution in [3.8, 4) is 0 Å². The molecule has 3 amide bonds. The van der Waals surface area contributed by atoms with Crippen LogP contribution in [0.25, 0.3) is 0 Å². The minimum absolute atomic E-state index is 0.173. The Hall–Kier alpha value is -2.94. The maximum Gasteiger partial charge on any atom is 0.321 e. The third kappa shape index (κ3) is 4.48. The lowest BCUT2D eigenvalue weighted by Crippen LogP contribution is -2.49. The number of amides is 3. The van der Waals surface area contributed by atoms with Gasteiger partial charge in [0.05, 0.1) is 18.3 Å². The van der Waals surface area contributed by atoms with E-state index >= 15 is 0 Å². The molecule has 1 aromatic heterocycles. The third-order valence-electron chi connectivity index (χ3n) is 5.19. The standard InChI is InChI=1S/C19H26N6O3/c1-13-4-5-15(10-14(13)2)21-18(27)24-8-6-19(28,7-9-24)12-25-11-16(22-23-25)17(26)20-3/h4-5,10-11,28H,6-9,12H2,1-3H3,(H,20,26)(H,21,27). The molecule has 1 saturated heterocycles. The second-order valence-corrected chi connectivity index (χ2v) is 7.32. The summed E-state index contributed by atoms with van der Waals surface area (Å²) in [5.41, 5.74) is 2.27. The summed E-state index contributed by atoms with van der Waals surface area (Å²) in [6.45, 7) is 5.13. The van der Waals surface area contributed by atoms with E-state index in [2.05, 4.69) is 20.9 Å². The molecule has 150 valence electrons. The molecule has 0 radical (unpaired) electrons. The van der Waals surface area contributed by atoms with E-state index < -0.39 is 5.60 Å². The first kappa shape index (κ1) is 19.8. The summed E-state index contributed by atoms with van der Waals surface area (Å²) in [4.78, 5) is 25.8. The summed E-state index contributed by atoms with van der Waals surface area (Å²) in [6.07, 6.45) is 2.35. The van der Waals surface area contributed by atoms with Crippen molar-refractivity contribution < 1.29 is 14.7 Å². The monoisotopic (exact) mass is 386 g/mol. The Morgan fingerprint density at radius 1 is 1.21 bits per heavy atom. The molecule has 2 aromatic rings. The van der Waals surface area contributed by atoms with Crippen LogP contribution in [0.4, 0.5) is 10.5 Å². The van der Waals surface area contributed by atoms with Crippen LogP contribution in [0, 0.1) is 13.8 Å². The summed E-state index contributed by atoms with van der Waals surface area (Å²) < 4.78 is 1.47. The van der Waals surface area contributed by atoms with Crippen LogP contribution in [0.15, 0.2) is 24.4 Å². The molecule has 1 aliphatic rings. The summed E-state index contributed by atoms with van der Waals surface area (Å²) in [5.74, 6) is -0.323. The minimum atomic E-state index is -0.995. The Bertz CT molecular complexity index is 870. The second-order valence-electron chi connectivity index (χ2n) is 7.32. The van der Waals surface area contributed by atoms with E-state index in [9.17, 15) is 14.7 Å². The highest BCUT2D eigenvalue weighted by atomic mass is 16.3. The molecule has 9 nitrogen and oxygen atoms in total. The van der Waals surface area contributed by atoms with Gasteiger partial charge in [-0.2, -0.15) is 0 Å². The fraction of sp³-hybridized carbons (Fsp3) is 0.474. The molecule has 2 heterocycles. The molecule has 9 heteroatoms. The second kappa shape index (κ2) is 7.97. The van der Waals surface area contributed by atoms with Crippen LogP contribution in [-0.2, 0) is 6.54 Å². The average Bonchev–Trinajstić information content (AvgIpc) is 3.12. The van der Waals surface area contributed by atoms with Crippen molar-refractivity contribution in [3.63, 3.8) is 0 Å². The van der Waals surface area contributed by atoms with Crippen molar-refractivity contribution in [3.05, 3.63) is 41.2 Å². The molecule has 3 N–H and O–H groups in total. The Labute approximate surface area is 163 Å². The van der Waals surface area contributed by atoms with Crippen molar-refractivity contribution in [1.82, 2.24) is 25.2 Å². The van der Waals surface area contributed by atoms with Gasteiger partial charge in [-0.05, 0) is 49.9 Å². The predicted octanol–water partition coefficient (Wildman–Crippen LogP) is 1.31. The normalized spacial score (nSPS) is 15.9. The number of carbonyl (C=O) groups is 2. The van der Waals surface area contributed by atoms with Crippen LogP contribution >= 0.6 is 0 Å². The van der Waals surface area contributed by atoms with E-state index in [1.54, 1.807) is 4.90 Å². The molecule has 28 heavy (non-hydrogen) atoms. The Kier molecular flexibility index (Phi) is 5.64. The summed E-state index contributed by atoms with van der Waals surface area (Å²) in [5, 5.41) is 23.9. The average molecular weight is 386 g/mol. The number of hydrogen-bond donors (Lipinski definition) is 3. The number of urea groups is 1. The molecule has 0 saturated carbocycles. The van der Waals surface area contributed by atoms with Crippen LogP contribution in [0.2, 0.25) is 0 Å². The number of nitrogens with one attached hydrogen (secondary N) is 2. The maximum absolute atomic E-state index is 12.5. The van der Waals surface area contributed by atoms with Crippen LogP contribution in [0.5, 0.6) is 0 Å². The summed E-state index contributed by atoms with van der Waals surface area (Å²) in [7, 11) is 1.52. The number of aryl methyl sites for hydroxylation is 2. The molecule has 1 aliphatic heterocycles. The predicted molar refractivity (Wildman–Crippen MR) is 104 cm³/mol. The van der Waals surface area contributed by atoms with E-state index in [1.165, 1.54) is 23.5 Å². The molecule has 0 atom stereocenters. The number of benzene rings is 1. The highest BCUT2D eigenvalue weighted by Crippen LogP contribution is 2.25. The number of piperidine rings is 1. The van der Waals surface area contributed by atoms with E-state index in [0.717, 1.165) is 11.3 Å². The zero-order valence-corrected chi connectivity index (χ0v) is 16.4. The molecule has 0 aliphatic carbocycles. The Morgan fingerprint density at radius 2 is 1.93 bits per heavy atom. The van der Waals surface area contributed by atoms with Gasteiger partial charge in [0, 0.05) is 25.8 Å². The van der Waals surface area contributed by atoms with Gasteiger partial charge in [0.15, 0.2) is 5.69 Å². The minimum Gasteiger partial charge on any atom is -0.388 e. The number of nitrogens with zero attached hydrogens (tertiary/aromatic N) is 4. The van der Waals surface area contributed by atoms with Crippen LogP contribution in [0.1, 0.15) is 34.5 Å². The van der Waals surface area contributed by atoms with Crippen LogP contribution in [0.3, 0.4) is 0 Å². The lowest BCUT2D eigenvalue weighted by atomic mass is 9.91. The van der Waals surface area contributed by atoms with Gasteiger partial charge in [0.25, 0.3) is 5.91 Å². The van der Waals surface area contributed by atoms with Gasteiger partial charge in [-0.15, -0.1) is 5.10 Å². The first-order valence-electron chi connectivity index (χ1n) is 9.27. The fourth-order valence-corrected chi connectivity index (χ4v) is 3.22. The van der Waals surface area contributed by atoms with Gasteiger partial charge in [0.1, 0.15) is 0 Å². The first-order chi connectivity index (χ1) is 13.3. The Morgan fingerprint density at radius 3 is 2.57 bits per heavy atom. The van der Waals surface area contributed by atoms with E-state index in [0.29, 0.717) is 25.9 Å². The zero-order valence-electron chi connectivity index (χ0n) is 16.4. The van der Waals surface area contributed by atoms with Gasteiger partial charge < -0.3 is 20.6 Å². The largest absolute Gasteiger partial charge is 0.388 e. The smallest absolute Gasteiger partial charge is 0.321 e. The number of aliphatic hydroxyl groups is 1. The van der Waals surface area contributed by atoms with Gasteiger partial charge in [-0.3, -0.25) is 4.79 Å². The summed E-state index contributed by atoms with van der Waals surface area (Å²) in [6, 6.07) is 5.63. The number of rotatable bonds is 4. The van der Waals surface area contributed by atoms with Gasteiger partial charge in [0.2, 0.25) is 0 Å². The topological polar surface area (TPSA) is 112 Å². The molecule has 0 bridgehead atoms. The Balaban J connectivity index is 1.55. The molecular weight excluding hydrogens is 360 g/mol. The van der Waals surface area contributed by atoms with Crippen molar-refractivity contribution in [1.29, 1.82) is 0 Å². The fourth-order valence-electron chi connectivity index (χ4n) is 3.22. The number of anilines is 1. The van der Waals surface area contributed by atoms with E-state index in [4.69, 9.17) is 0 Å². The van der Waals surface area contributed by atoms with Gasteiger partial charge >= 0.3 is 6.03 Å². The molecule has 1 aromatic carbocycles. The van der Waals surface area contributed by atoms with Gasteiger partial charge in [-0.25, -0.2) is 9.48 Å². The number of likely N-dealkylation sites (tertiary alicyclic amines) is 1. The number of hydrogen-bond acceptors (Lipinski definition) is 5. The highest BCUT2D eigenvalue weighted by Gasteiger charge is 2.35. The molecule has 3 rings (SSSR count). The molecule has 0 spiro atoms. The molecule has 1 fully saturated rings. The lowest BCUT2D eigenvalue weighted by molar-refractivity contribution is -0.0276. The first-order valence-corrected chi connectivity index (χ1v) is 9.27. The lowest BCUT2D eigenvalue weighted by Gasteiger charge is -2.37. The maximum atomic E-state index is 12.5. The van der Waals surface area contributed by atoms with E-state index in [-0.39, 0.29) is 24.2 Å².